The summed E-state index contributed by atoms with van der Waals surface area (Å²) in [7, 11) is 2.05. The second-order valence-electron chi connectivity index (χ2n) is 5.73. The lowest BCUT2D eigenvalue weighted by Gasteiger charge is -2.35. The fraction of sp³-hybridized carbons (Fsp3) is 0.562. The Labute approximate surface area is 125 Å². The van der Waals surface area contributed by atoms with E-state index in [4.69, 9.17) is 4.98 Å². The van der Waals surface area contributed by atoms with Gasteiger partial charge in [-0.05, 0) is 64.5 Å². The summed E-state index contributed by atoms with van der Waals surface area (Å²) in [6.45, 7) is 5.85. The Balaban J connectivity index is 1.68. The van der Waals surface area contributed by atoms with Crippen LogP contribution in [-0.4, -0.2) is 36.6 Å². The van der Waals surface area contributed by atoms with Crippen molar-refractivity contribution in [3.63, 3.8) is 0 Å². The number of rotatable bonds is 4. The fourth-order valence-corrected chi connectivity index (χ4v) is 4.11. The van der Waals surface area contributed by atoms with E-state index in [1.807, 2.05) is 11.3 Å². The van der Waals surface area contributed by atoms with Gasteiger partial charge < -0.3 is 5.32 Å². The molecular formula is C16H23N3S. The van der Waals surface area contributed by atoms with Gasteiger partial charge in [-0.2, -0.15) is 0 Å². The van der Waals surface area contributed by atoms with Gasteiger partial charge in [0.25, 0.3) is 0 Å². The van der Waals surface area contributed by atoms with Crippen molar-refractivity contribution in [1.29, 1.82) is 0 Å². The molecule has 3 rings (SSSR count). The molecule has 4 heteroatoms. The standard InChI is InChI=1S/C16H23N3S/c1-12(19-9-7-13(8-10-19)11-17-2)16-18-14-5-3-4-6-15(14)20-16/h3-6,12-13,17H,7-11H2,1-2H3. The lowest BCUT2D eigenvalue weighted by molar-refractivity contribution is 0.141. The summed E-state index contributed by atoms with van der Waals surface area (Å²) in [4.78, 5) is 7.39. The first-order chi connectivity index (χ1) is 9.78. The maximum Gasteiger partial charge on any atom is 0.111 e. The molecule has 0 amide bonds. The number of para-hydroxylation sites is 1. The van der Waals surface area contributed by atoms with Crippen LogP contribution in [0.3, 0.4) is 0 Å². The second kappa shape index (κ2) is 6.20. The van der Waals surface area contributed by atoms with Gasteiger partial charge in [0.2, 0.25) is 0 Å². The molecule has 0 aliphatic carbocycles. The minimum atomic E-state index is 0.447. The first-order valence-electron chi connectivity index (χ1n) is 7.52. The van der Waals surface area contributed by atoms with Crippen molar-refractivity contribution in [2.24, 2.45) is 5.92 Å². The van der Waals surface area contributed by atoms with E-state index in [9.17, 15) is 0 Å². The summed E-state index contributed by atoms with van der Waals surface area (Å²) in [6.07, 6.45) is 2.60. The zero-order valence-corrected chi connectivity index (χ0v) is 13.1. The molecule has 1 fully saturated rings. The van der Waals surface area contributed by atoms with Gasteiger partial charge in [0, 0.05) is 0 Å². The molecule has 3 nitrogen and oxygen atoms in total. The van der Waals surface area contributed by atoms with Crippen LogP contribution in [0.15, 0.2) is 24.3 Å². The third-order valence-corrected chi connectivity index (χ3v) is 5.56. The van der Waals surface area contributed by atoms with Crippen LogP contribution < -0.4 is 5.32 Å². The van der Waals surface area contributed by atoms with E-state index in [-0.39, 0.29) is 0 Å². The third kappa shape index (κ3) is 2.87. The SMILES string of the molecule is CNCC1CCN(C(C)c2nc3ccccc3s2)CC1. The van der Waals surface area contributed by atoms with Crippen molar-refractivity contribution < 1.29 is 0 Å². The number of hydrogen-bond donors (Lipinski definition) is 1. The van der Waals surface area contributed by atoms with Crippen molar-refractivity contribution >= 4 is 21.6 Å². The van der Waals surface area contributed by atoms with Gasteiger partial charge in [-0.3, -0.25) is 4.90 Å². The van der Waals surface area contributed by atoms with Crippen LogP contribution in [-0.2, 0) is 0 Å². The molecule has 2 heterocycles. The molecule has 0 saturated carbocycles. The Morgan fingerprint density at radius 2 is 2.10 bits per heavy atom. The minimum absolute atomic E-state index is 0.447. The summed E-state index contributed by atoms with van der Waals surface area (Å²) < 4.78 is 1.31. The second-order valence-corrected chi connectivity index (χ2v) is 6.80. The zero-order chi connectivity index (χ0) is 13.9. The Morgan fingerprint density at radius 3 is 2.80 bits per heavy atom. The average Bonchev–Trinajstić information content (AvgIpc) is 2.91. The smallest absolute Gasteiger partial charge is 0.111 e. The number of hydrogen-bond acceptors (Lipinski definition) is 4. The number of thiazole rings is 1. The normalized spacial score (nSPS) is 19.5. The quantitative estimate of drug-likeness (QED) is 0.936. The van der Waals surface area contributed by atoms with Crippen LogP contribution in [0.2, 0.25) is 0 Å². The monoisotopic (exact) mass is 289 g/mol. The molecule has 1 saturated heterocycles. The molecule has 1 atom stereocenters. The van der Waals surface area contributed by atoms with Crippen molar-refractivity contribution in [2.75, 3.05) is 26.7 Å². The molecule has 1 aromatic carbocycles. The van der Waals surface area contributed by atoms with Crippen molar-refractivity contribution in [3.05, 3.63) is 29.3 Å². The Hall–Kier alpha value is -0.970. The molecule has 20 heavy (non-hydrogen) atoms. The van der Waals surface area contributed by atoms with Gasteiger partial charge in [-0.15, -0.1) is 11.3 Å². The molecule has 1 aromatic heterocycles. The van der Waals surface area contributed by atoms with E-state index in [1.54, 1.807) is 0 Å². The highest BCUT2D eigenvalue weighted by molar-refractivity contribution is 7.18. The highest BCUT2D eigenvalue weighted by Gasteiger charge is 2.24. The summed E-state index contributed by atoms with van der Waals surface area (Å²) in [5.41, 5.74) is 1.14. The number of aromatic nitrogens is 1. The lowest BCUT2D eigenvalue weighted by atomic mass is 9.96. The molecule has 1 N–H and O–H groups in total. The van der Waals surface area contributed by atoms with Crippen molar-refractivity contribution in [2.45, 2.75) is 25.8 Å². The van der Waals surface area contributed by atoms with Gasteiger partial charge in [0.15, 0.2) is 0 Å². The zero-order valence-electron chi connectivity index (χ0n) is 12.3. The summed E-state index contributed by atoms with van der Waals surface area (Å²) in [5.74, 6) is 0.846. The van der Waals surface area contributed by atoms with Crippen LogP contribution in [0.25, 0.3) is 10.2 Å². The van der Waals surface area contributed by atoms with E-state index in [1.165, 1.54) is 35.6 Å². The lowest BCUT2D eigenvalue weighted by Crippen LogP contribution is -2.38. The highest BCUT2D eigenvalue weighted by atomic mass is 32.1. The molecule has 0 spiro atoms. The van der Waals surface area contributed by atoms with Gasteiger partial charge >= 0.3 is 0 Å². The molecule has 2 aromatic rings. The first kappa shape index (κ1) is 14.0. The first-order valence-corrected chi connectivity index (χ1v) is 8.33. The summed E-state index contributed by atoms with van der Waals surface area (Å²) in [5, 5.41) is 4.56. The van der Waals surface area contributed by atoms with Crippen LogP contribution in [0.4, 0.5) is 0 Å². The highest BCUT2D eigenvalue weighted by Crippen LogP contribution is 2.31. The number of piperidine rings is 1. The maximum atomic E-state index is 4.81. The van der Waals surface area contributed by atoms with E-state index in [0.29, 0.717) is 6.04 Å². The number of fused-ring (bicyclic) bond motifs is 1. The third-order valence-electron chi connectivity index (χ3n) is 4.36. The molecule has 0 radical (unpaired) electrons. The van der Waals surface area contributed by atoms with Gasteiger partial charge in [-0.1, -0.05) is 12.1 Å². The summed E-state index contributed by atoms with van der Waals surface area (Å²) in [6, 6.07) is 8.89. The van der Waals surface area contributed by atoms with Crippen molar-refractivity contribution in [1.82, 2.24) is 15.2 Å². The predicted octanol–water partition coefficient (Wildman–Crippen LogP) is 3.29. The molecule has 108 valence electrons. The number of nitrogens with zero attached hydrogens (tertiary/aromatic N) is 2. The largest absolute Gasteiger partial charge is 0.319 e. The van der Waals surface area contributed by atoms with Crippen LogP contribution >= 0.6 is 11.3 Å². The van der Waals surface area contributed by atoms with E-state index in [0.717, 1.165) is 18.0 Å². The molecule has 1 unspecified atom stereocenters. The Bertz CT molecular complexity index is 525. The minimum Gasteiger partial charge on any atom is -0.319 e. The van der Waals surface area contributed by atoms with Crippen molar-refractivity contribution in [3.8, 4) is 0 Å². The average molecular weight is 289 g/mol. The van der Waals surface area contributed by atoms with E-state index < -0.39 is 0 Å². The van der Waals surface area contributed by atoms with E-state index in [2.05, 4.69) is 48.5 Å². The molecular weight excluding hydrogens is 266 g/mol. The number of nitrogens with one attached hydrogen (secondary N) is 1. The van der Waals surface area contributed by atoms with Crippen LogP contribution in [0.1, 0.15) is 30.8 Å². The number of benzene rings is 1. The Kier molecular flexibility index (Phi) is 4.34. The van der Waals surface area contributed by atoms with Crippen LogP contribution in [0.5, 0.6) is 0 Å². The maximum absolute atomic E-state index is 4.81. The fourth-order valence-electron chi connectivity index (χ4n) is 3.06. The topological polar surface area (TPSA) is 28.2 Å². The van der Waals surface area contributed by atoms with E-state index >= 15 is 0 Å². The molecule has 1 aliphatic heterocycles. The summed E-state index contributed by atoms with van der Waals surface area (Å²) >= 11 is 1.84. The number of likely N-dealkylation sites (tertiary alicyclic amines) is 1. The van der Waals surface area contributed by atoms with Gasteiger partial charge in [-0.25, -0.2) is 4.98 Å². The predicted molar refractivity (Wildman–Crippen MR) is 86.3 cm³/mol. The van der Waals surface area contributed by atoms with Gasteiger partial charge in [0.05, 0.1) is 16.3 Å². The van der Waals surface area contributed by atoms with Gasteiger partial charge in [0.1, 0.15) is 5.01 Å². The van der Waals surface area contributed by atoms with Crippen LogP contribution in [0, 0.1) is 5.92 Å². The Morgan fingerprint density at radius 1 is 1.35 bits per heavy atom. The molecule has 0 bridgehead atoms. The molecule has 1 aliphatic rings.